The molecule has 1 amide bonds. The number of hydrogen-bond donors (Lipinski definition) is 1. The molecule has 0 saturated carbocycles. The number of halogens is 5. The van der Waals surface area contributed by atoms with Crippen molar-refractivity contribution in [3.63, 3.8) is 0 Å². The van der Waals surface area contributed by atoms with E-state index in [1.807, 2.05) is 0 Å². The van der Waals surface area contributed by atoms with Crippen molar-refractivity contribution in [1.82, 2.24) is 5.32 Å². The number of carbonyl (C=O) groups excluding carboxylic acids is 1. The van der Waals surface area contributed by atoms with E-state index in [4.69, 9.17) is 11.6 Å². The summed E-state index contributed by atoms with van der Waals surface area (Å²) in [7, 11) is 0. The van der Waals surface area contributed by atoms with Gasteiger partial charge in [0.25, 0.3) is 5.91 Å². The van der Waals surface area contributed by atoms with Crippen molar-refractivity contribution in [2.75, 3.05) is 5.88 Å². The Labute approximate surface area is 112 Å². The first-order chi connectivity index (χ1) is 8.57. The molecule has 0 unspecified atom stereocenters. The second-order valence-corrected chi connectivity index (χ2v) is 4.93. The second-order valence-electron chi connectivity index (χ2n) is 4.66. The van der Waals surface area contributed by atoms with Crippen LogP contribution in [0.5, 0.6) is 0 Å². The summed E-state index contributed by atoms with van der Waals surface area (Å²) in [5.74, 6) is -1.91. The monoisotopic (exact) mass is 297 g/mol. The van der Waals surface area contributed by atoms with Crippen LogP contribution in [0, 0.1) is 5.82 Å². The Morgan fingerprint density at radius 3 is 2.37 bits per heavy atom. The van der Waals surface area contributed by atoms with Crippen LogP contribution >= 0.6 is 11.6 Å². The molecule has 2 nitrogen and oxygen atoms in total. The van der Waals surface area contributed by atoms with E-state index in [1.54, 1.807) is 13.8 Å². The zero-order chi connectivity index (χ0) is 14.8. The summed E-state index contributed by atoms with van der Waals surface area (Å²) in [4.78, 5) is 11.7. The van der Waals surface area contributed by atoms with Crippen LogP contribution < -0.4 is 5.32 Å². The minimum absolute atomic E-state index is 0.0410. The minimum Gasteiger partial charge on any atom is -0.346 e. The Hall–Kier alpha value is -1.30. The fourth-order valence-electron chi connectivity index (χ4n) is 1.28. The van der Waals surface area contributed by atoms with E-state index >= 15 is 0 Å². The van der Waals surface area contributed by atoms with E-state index < -0.39 is 34.6 Å². The highest BCUT2D eigenvalue weighted by Gasteiger charge is 2.32. The van der Waals surface area contributed by atoms with E-state index in [1.165, 1.54) is 0 Å². The van der Waals surface area contributed by atoms with E-state index in [0.29, 0.717) is 18.2 Å². The van der Waals surface area contributed by atoms with Gasteiger partial charge in [-0.3, -0.25) is 4.79 Å². The molecule has 106 valence electrons. The molecule has 0 atom stereocenters. The number of alkyl halides is 4. The second kappa shape index (κ2) is 5.36. The van der Waals surface area contributed by atoms with E-state index in [2.05, 4.69) is 5.32 Å². The quantitative estimate of drug-likeness (QED) is 0.670. The molecule has 0 radical (unpaired) electrons. The SMILES string of the molecule is CC(C)(CCl)NC(=O)c1cc(C(F)(F)F)ccc1F. The smallest absolute Gasteiger partial charge is 0.346 e. The van der Waals surface area contributed by atoms with Crippen molar-refractivity contribution in [1.29, 1.82) is 0 Å². The van der Waals surface area contributed by atoms with Gasteiger partial charge in [0.2, 0.25) is 0 Å². The standard InChI is InChI=1S/C12H12ClF4NO/c1-11(2,6-13)18-10(19)8-5-7(12(15,16)17)3-4-9(8)14/h3-5H,6H2,1-2H3,(H,18,19). The molecular weight excluding hydrogens is 286 g/mol. The van der Waals surface area contributed by atoms with Crippen molar-refractivity contribution in [2.24, 2.45) is 0 Å². The van der Waals surface area contributed by atoms with E-state index in [0.717, 1.165) is 0 Å². The lowest BCUT2D eigenvalue weighted by Gasteiger charge is -2.23. The van der Waals surface area contributed by atoms with Gasteiger partial charge in [-0.25, -0.2) is 4.39 Å². The number of amides is 1. The Balaban J connectivity index is 3.10. The normalized spacial score (nSPS) is 12.4. The third kappa shape index (κ3) is 4.09. The van der Waals surface area contributed by atoms with Crippen LogP contribution in [0.1, 0.15) is 29.8 Å². The fourth-order valence-corrected chi connectivity index (χ4v) is 1.35. The maximum Gasteiger partial charge on any atom is 0.416 e. The van der Waals surface area contributed by atoms with Crippen LogP contribution in [0.4, 0.5) is 17.6 Å². The predicted octanol–water partition coefficient (Wildman–Crippen LogP) is 3.59. The molecule has 0 fully saturated rings. The fraction of sp³-hybridized carbons (Fsp3) is 0.417. The topological polar surface area (TPSA) is 29.1 Å². The highest BCUT2D eigenvalue weighted by Crippen LogP contribution is 2.30. The summed E-state index contributed by atoms with van der Waals surface area (Å²) in [6, 6.07) is 1.68. The summed E-state index contributed by atoms with van der Waals surface area (Å²) in [6.45, 7) is 3.15. The first kappa shape index (κ1) is 15.8. The summed E-state index contributed by atoms with van der Waals surface area (Å²) in [6.07, 6.45) is -4.63. The van der Waals surface area contributed by atoms with Gasteiger partial charge in [-0.1, -0.05) is 0 Å². The van der Waals surface area contributed by atoms with Crippen LogP contribution in [-0.2, 0) is 6.18 Å². The van der Waals surface area contributed by atoms with Crippen LogP contribution in [0.2, 0.25) is 0 Å². The third-order valence-electron chi connectivity index (χ3n) is 2.32. The minimum atomic E-state index is -4.63. The average Bonchev–Trinajstić information content (AvgIpc) is 2.27. The van der Waals surface area contributed by atoms with Gasteiger partial charge in [0.05, 0.1) is 11.1 Å². The summed E-state index contributed by atoms with van der Waals surface area (Å²) >= 11 is 5.58. The van der Waals surface area contributed by atoms with Crippen molar-refractivity contribution >= 4 is 17.5 Å². The highest BCUT2D eigenvalue weighted by molar-refractivity contribution is 6.18. The molecule has 1 aromatic carbocycles. The lowest BCUT2D eigenvalue weighted by molar-refractivity contribution is -0.137. The number of hydrogen-bond acceptors (Lipinski definition) is 1. The number of benzene rings is 1. The molecule has 7 heteroatoms. The summed E-state index contributed by atoms with van der Waals surface area (Å²) in [5.41, 5.74) is -2.59. The molecule has 1 rings (SSSR count). The van der Waals surface area contributed by atoms with Crippen LogP contribution in [0.3, 0.4) is 0 Å². The zero-order valence-electron chi connectivity index (χ0n) is 10.2. The van der Waals surface area contributed by atoms with Gasteiger partial charge in [-0.05, 0) is 32.0 Å². The van der Waals surface area contributed by atoms with Crippen LogP contribution in [0.25, 0.3) is 0 Å². The predicted molar refractivity (Wildman–Crippen MR) is 63.7 cm³/mol. The maximum absolute atomic E-state index is 13.4. The third-order valence-corrected chi connectivity index (χ3v) is 2.99. The number of nitrogens with one attached hydrogen (secondary N) is 1. The summed E-state index contributed by atoms with van der Waals surface area (Å²) in [5, 5.41) is 2.36. The van der Waals surface area contributed by atoms with Gasteiger partial charge in [0.1, 0.15) is 5.82 Å². The van der Waals surface area contributed by atoms with E-state index in [-0.39, 0.29) is 5.88 Å². The Bertz CT molecular complexity index is 485. The molecule has 0 heterocycles. The highest BCUT2D eigenvalue weighted by atomic mass is 35.5. The zero-order valence-corrected chi connectivity index (χ0v) is 11.0. The maximum atomic E-state index is 13.4. The molecule has 0 saturated heterocycles. The van der Waals surface area contributed by atoms with Crippen molar-refractivity contribution in [3.05, 3.63) is 35.1 Å². The number of rotatable bonds is 3. The molecular formula is C12H12ClF4NO. The van der Waals surface area contributed by atoms with Gasteiger partial charge < -0.3 is 5.32 Å². The lowest BCUT2D eigenvalue weighted by atomic mass is 10.1. The van der Waals surface area contributed by atoms with Crippen LogP contribution in [0.15, 0.2) is 18.2 Å². The molecule has 0 aromatic heterocycles. The molecule has 0 aliphatic heterocycles. The van der Waals surface area contributed by atoms with Gasteiger partial charge in [-0.2, -0.15) is 13.2 Å². The molecule has 19 heavy (non-hydrogen) atoms. The average molecular weight is 298 g/mol. The van der Waals surface area contributed by atoms with Crippen molar-refractivity contribution in [3.8, 4) is 0 Å². The Morgan fingerprint density at radius 2 is 1.89 bits per heavy atom. The molecule has 0 aliphatic carbocycles. The molecule has 1 N–H and O–H groups in total. The molecule has 0 aliphatic rings. The largest absolute Gasteiger partial charge is 0.416 e. The van der Waals surface area contributed by atoms with E-state index in [9.17, 15) is 22.4 Å². The van der Waals surface area contributed by atoms with Crippen molar-refractivity contribution < 1.29 is 22.4 Å². The first-order valence-corrected chi connectivity index (χ1v) is 5.85. The van der Waals surface area contributed by atoms with Crippen molar-refractivity contribution in [2.45, 2.75) is 25.6 Å². The number of carbonyl (C=O) groups is 1. The first-order valence-electron chi connectivity index (χ1n) is 5.32. The van der Waals surface area contributed by atoms with Crippen LogP contribution in [-0.4, -0.2) is 17.3 Å². The van der Waals surface area contributed by atoms with Gasteiger partial charge in [-0.15, -0.1) is 11.6 Å². The van der Waals surface area contributed by atoms with Gasteiger partial charge in [0, 0.05) is 11.4 Å². The molecule has 0 spiro atoms. The Kier molecular flexibility index (Phi) is 4.45. The lowest BCUT2D eigenvalue weighted by Crippen LogP contribution is -2.45. The Morgan fingerprint density at radius 1 is 1.32 bits per heavy atom. The van der Waals surface area contributed by atoms with Gasteiger partial charge >= 0.3 is 6.18 Å². The molecule has 1 aromatic rings. The molecule has 0 bridgehead atoms. The van der Waals surface area contributed by atoms with Gasteiger partial charge in [0.15, 0.2) is 0 Å². The summed E-state index contributed by atoms with van der Waals surface area (Å²) < 4.78 is 50.9.